The third kappa shape index (κ3) is 3.15. The number of carbonyl (C=O) groups excluding carboxylic acids is 1. The molecule has 0 unspecified atom stereocenters. The summed E-state index contributed by atoms with van der Waals surface area (Å²) in [5.41, 5.74) is -0.397. The van der Waals surface area contributed by atoms with Crippen molar-refractivity contribution in [1.82, 2.24) is 19.2 Å². The number of hydrogen-bond donors (Lipinski definition) is 1. The SMILES string of the molecule is Cn1cnc(S(=O)(=O)N2CC[C@@]3(CC(C(=O)NCC4CC4)=NO3)C2)c1. The third-order valence-corrected chi connectivity index (χ3v) is 6.65. The molecule has 1 saturated heterocycles. The van der Waals surface area contributed by atoms with E-state index in [2.05, 4.69) is 15.5 Å². The lowest BCUT2D eigenvalue weighted by Crippen LogP contribution is -2.38. The summed E-state index contributed by atoms with van der Waals surface area (Å²) < 4.78 is 28.3. The molecule has 25 heavy (non-hydrogen) atoms. The normalized spacial score (nSPS) is 26.7. The van der Waals surface area contributed by atoms with Crippen LogP contribution in [0.4, 0.5) is 0 Å². The van der Waals surface area contributed by atoms with E-state index < -0.39 is 15.6 Å². The Bertz CT molecular complexity index is 829. The van der Waals surface area contributed by atoms with Crippen LogP contribution in [0.2, 0.25) is 0 Å². The van der Waals surface area contributed by atoms with Gasteiger partial charge in [-0.3, -0.25) is 4.79 Å². The van der Waals surface area contributed by atoms with Crippen LogP contribution in [0.25, 0.3) is 0 Å². The van der Waals surface area contributed by atoms with E-state index in [-0.39, 0.29) is 17.5 Å². The fourth-order valence-corrected chi connectivity index (χ4v) is 4.67. The minimum atomic E-state index is -3.66. The van der Waals surface area contributed by atoms with Crippen molar-refractivity contribution in [3.05, 3.63) is 12.5 Å². The van der Waals surface area contributed by atoms with Crippen molar-refractivity contribution in [3.63, 3.8) is 0 Å². The average Bonchev–Trinajstić information content (AvgIpc) is 2.98. The van der Waals surface area contributed by atoms with Crippen molar-refractivity contribution >= 4 is 21.6 Å². The molecule has 0 radical (unpaired) electrons. The van der Waals surface area contributed by atoms with E-state index in [0.717, 1.165) is 12.8 Å². The maximum atomic E-state index is 12.7. The second-order valence-corrected chi connectivity index (χ2v) is 8.99. The molecule has 1 saturated carbocycles. The molecule has 2 aliphatic heterocycles. The summed E-state index contributed by atoms with van der Waals surface area (Å²) in [5.74, 6) is 0.376. The molecule has 1 amide bonds. The van der Waals surface area contributed by atoms with E-state index in [1.807, 2.05) is 0 Å². The summed E-state index contributed by atoms with van der Waals surface area (Å²) in [5, 5.41) is 6.82. The van der Waals surface area contributed by atoms with Crippen LogP contribution in [0.1, 0.15) is 25.7 Å². The van der Waals surface area contributed by atoms with Gasteiger partial charge in [0.15, 0.2) is 10.6 Å². The molecule has 9 nitrogen and oxygen atoms in total. The summed E-state index contributed by atoms with van der Waals surface area (Å²) in [4.78, 5) is 21.6. The van der Waals surface area contributed by atoms with E-state index in [9.17, 15) is 13.2 Å². The van der Waals surface area contributed by atoms with E-state index >= 15 is 0 Å². The highest BCUT2D eigenvalue weighted by molar-refractivity contribution is 7.89. The zero-order valence-corrected chi connectivity index (χ0v) is 14.8. The Morgan fingerprint density at radius 3 is 2.96 bits per heavy atom. The zero-order chi connectivity index (χ0) is 17.7. The maximum Gasteiger partial charge on any atom is 0.269 e. The summed E-state index contributed by atoms with van der Waals surface area (Å²) >= 11 is 0. The number of rotatable bonds is 5. The molecule has 2 fully saturated rings. The lowest BCUT2D eigenvalue weighted by molar-refractivity contribution is -0.115. The van der Waals surface area contributed by atoms with Gasteiger partial charge in [0.2, 0.25) is 0 Å². The fourth-order valence-electron chi connectivity index (χ4n) is 3.19. The maximum absolute atomic E-state index is 12.7. The first-order valence-corrected chi connectivity index (χ1v) is 9.83. The molecule has 1 aromatic rings. The average molecular weight is 367 g/mol. The second kappa shape index (κ2) is 5.80. The second-order valence-electron chi connectivity index (χ2n) is 7.11. The number of sulfonamides is 1. The molecule has 1 N–H and O–H groups in total. The Morgan fingerprint density at radius 2 is 2.28 bits per heavy atom. The van der Waals surface area contributed by atoms with E-state index in [1.165, 1.54) is 16.8 Å². The van der Waals surface area contributed by atoms with Gasteiger partial charge in [0, 0.05) is 39.2 Å². The van der Waals surface area contributed by atoms with Crippen LogP contribution in [0.5, 0.6) is 0 Å². The standard InChI is InChI=1S/C15H21N5O4S/c1-19-8-13(17-10-19)25(22,23)20-5-4-15(9-20)6-12(18-24-15)14(21)16-7-11-2-3-11/h8,10-11H,2-7,9H2,1H3,(H,16,21)/t15-/m1/s1. The first-order valence-electron chi connectivity index (χ1n) is 8.39. The molecule has 0 bridgehead atoms. The largest absolute Gasteiger partial charge is 0.387 e. The van der Waals surface area contributed by atoms with Gasteiger partial charge in [-0.2, -0.15) is 4.31 Å². The van der Waals surface area contributed by atoms with Gasteiger partial charge in [0.1, 0.15) is 5.71 Å². The Balaban J connectivity index is 1.40. The van der Waals surface area contributed by atoms with Crippen LogP contribution in [0.3, 0.4) is 0 Å². The summed E-state index contributed by atoms with van der Waals surface area (Å²) in [6, 6.07) is 0. The minimum absolute atomic E-state index is 0.0216. The van der Waals surface area contributed by atoms with Crippen LogP contribution in [0.15, 0.2) is 22.7 Å². The number of nitrogens with one attached hydrogen (secondary N) is 1. The van der Waals surface area contributed by atoms with Crippen molar-refractivity contribution in [3.8, 4) is 0 Å². The molecule has 1 atom stereocenters. The molecule has 1 spiro atoms. The lowest BCUT2D eigenvalue weighted by Gasteiger charge is -2.21. The van der Waals surface area contributed by atoms with Crippen molar-refractivity contribution in [2.45, 2.75) is 36.3 Å². The molecule has 1 aromatic heterocycles. The summed E-state index contributed by atoms with van der Waals surface area (Å²) in [6.07, 6.45) is 6.08. The van der Waals surface area contributed by atoms with Crippen LogP contribution < -0.4 is 5.32 Å². The first kappa shape index (κ1) is 16.5. The Kier molecular flexibility index (Phi) is 3.84. The number of amides is 1. The number of nitrogens with zero attached hydrogens (tertiary/aromatic N) is 4. The Labute approximate surface area is 146 Å². The predicted octanol–water partition coefficient (Wildman–Crippen LogP) is -0.144. The van der Waals surface area contributed by atoms with Crippen molar-refractivity contribution in [2.24, 2.45) is 18.1 Å². The minimum Gasteiger partial charge on any atom is -0.387 e. The van der Waals surface area contributed by atoms with Crippen molar-refractivity contribution in [1.29, 1.82) is 0 Å². The number of oxime groups is 1. The van der Waals surface area contributed by atoms with Gasteiger partial charge in [-0.25, -0.2) is 13.4 Å². The predicted molar refractivity (Wildman–Crippen MR) is 88.2 cm³/mol. The smallest absolute Gasteiger partial charge is 0.269 e. The van der Waals surface area contributed by atoms with Gasteiger partial charge in [-0.1, -0.05) is 5.16 Å². The number of carbonyl (C=O) groups is 1. The van der Waals surface area contributed by atoms with Crippen LogP contribution in [-0.4, -0.2) is 59.1 Å². The number of aryl methyl sites for hydroxylation is 1. The van der Waals surface area contributed by atoms with Crippen LogP contribution in [0, 0.1) is 5.92 Å². The first-order chi connectivity index (χ1) is 11.9. The molecule has 1 aliphatic carbocycles. The number of imidazole rings is 1. The summed E-state index contributed by atoms with van der Waals surface area (Å²) in [7, 11) is -1.94. The third-order valence-electron chi connectivity index (χ3n) is 4.92. The zero-order valence-electron chi connectivity index (χ0n) is 14.0. The molecular formula is C15H21N5O4S. The highest BCUT2D eigenvalue weighted by atomic mass is 32.2. The quantitative estimate of drug-likeness (QED) is 0.779. The van der Waals surface area contributed by atoms with E-state index in [4.69, 9.17) is 4.84 Å². The van der Waals surface area contributed by atoms with Gasteiger partial charge in [0.05, 0.1) is 12.9 Å². The lowest BCUT2D eigenvalue weighted by atomic mass is 9.96. The molecule has 136 valence electrons. The fraction of sp³-hybridized carbons (Fsp3) is 0.667. The Hall–Kier alpha value is -1.94. The van der Waals surface area contributed by atoms with Crippen LogP contribution in [-0.2, 0) is 26.7 Å². The topological polar surface area (TPSA) is 106 Å². The monoisotopic (exact) mass is 367 g/mol. The summed E-state index contributed by atoms with van der Waals surface area (Å²) in [6.45, 7) is 1.17. The van der Waals surface area contributed by atoms with Gasteiger partial charge < -0.3 is 14.7 Å². The van der Waals surface area contributed by atoms with Crippen molar-refractivity contribution in [2.75, 3.05) is 19.6 Å². The Morgan fingerprint density at radius 1 is 1.48 bits per heavy atom. The van der Waals surface area contributed by atoms with E-state index in [1.54, 1.807) is 11.6 Å². The molecule has 4 rings (SSSR count). The highest BCUT2D eigenvalue weighted by Gasteiger charge is 2.50. The van der Waals surface area contributed by atoms with Crippen molar-refractivity contribution < 1.29 is 18.0 Å². The van der Waals surface area contributed by atoms with Gasteiger partial charge >= 0.3 is 0 Å². The number of aromatic nitrogens is 2. The molecule has 3 aliphatic rings. The molecule has 10 heteroatoms. The highest BCUT2D eigenvalue weighted by Crippen LogP contribution is 2.36. The van der Waals surface area contributed by atoms with Gasteiger partial charge in [0.25, 0.3) is 15.9 Å². The molecular weight excluding hydrogens is 346 g/mol. The number of hydrogen-bond acceptors (Lipinski definition) is 6. The van der Waals surface area contributed by atoms with Crippen LogP contribution >= 0.6 is 0 Å². The van der Waals surface area contributed by atoms with E-state index in [0.29, 0.717) is 37.6 Å². The van der Waals surface area contributed by atoms with Gasteiger partial charge in [-0.15, -0.1) is 0 Å². The molecule has 0 aromatic carbocycles. The van der Waals surface area contributed by atoms with Gasteiger partial charge in [-0.05, 0) is 18.8 Å². The molecule has 3 heterocycles.